The van der Waals surface area contributed by atoms with Crippen molar-refractivity contribution in [1.82, 2.24) is 15.1 Å². The smallest absolute Gasteiger partial charge is 0.228 e. The number of rotatable bonds is 3. The van der Waals surface area contributed by atoms with E-state index in [0.29, 0.717) is 18.9 Å². The minimum Gasteiger partial charge on any atom is -0.343 e. The number of carbonyl (C=O) groups excluding carboxylic acids is 2. The van der Waals surface area contributed by atoms with Crippen molar-refractivity contribution in [2.45, 2.75) is 33.1 Å². The van der Waals surface area contributed by atoms with Crippen molar-refractivity contribution in [3.63, 3.8) is 0 Å². The highest BCUT2D eigenvalue weighted by atomic mass is 16.2. The van der Waals surface area contributed by atoms with Crippen molar-refractivity contribution in [1.29, 1.82) is 0 Å². The van der Waals surface area contributed by atoms with Crippen LogP contribution in [0.4, 0.5) is 5.82 Å². The Kier molecular flexibility index (Phi) is 4.19. The molecule has 0 aromatic carbocycles. The first kappa shape index (κ1) is 13.6. The van der Waals surface area contributed by atoms with Crippen LogP contribution in [0.25, 0.3) is 0 Å². The number of amides is 2. The fourth-order valence-corrected chi connectivity index (χ4v) is 2.37. The zero-order valence-electron chi connectivity index (χ0n) is 11.4. The van der Waals surface area contributed by atoms with Crippen LogP contribution in [0.2, 0.25) is 0 Å². The van der Waals surface area contributed by atoms with Gasteiger partial charge in [-0.1, -0.05) is 6.92 Å². The Morgan fingerprint density at radius 1 is 1.47 bits per heavy atom. The van der Waals surface area contributed by atoms with Gasteiger partial charge in [0, 0.05) is 31.5 Å². The zero-order valence-corrected chi connectivity index (χ0v) is 11.4. The summed E-state index contributed by atoms with van der Waals surface area (Å²) < 4.78 is 0. The van der Waals surface area contributed by atoms with Gasteiger partial charge in [0.2, 0.25) is 11.8 Å². The summed E-state index contributed by atoms with van der Waals surface area (Å²) in [6, 6.07) is 0. The predicted octanol–water partition coefficient (Wildman–Crippen LogP) is 1.17. The van der Waals surface area contributed by atoms with E-state index in [2.05, 4.69) is 15.5 Å². The minimum absolute atomic E-state index is 0.0159. The van der Waals surface area contributed by atoms with Crippen LogP contribution in [0.5, 0.6) is 0 Å². The van der Waals surface area contributed by atoms with Gasteiger partial charge in [-0.2, -0.15) is 5.10 Å². The van der Waals surface area contributed by atoms with E-state index in [-0.39, 0.29) is 17.7 Å². The molecule has 104 valence electrons. The van der Waals surface area contributed by atoms with Crippen molar-refractivity contribution >= 4 is 17.6 Å². The quantitative estimate of drug-likeness (QED) is 0.860. The van der Waals surface area contributed by atoms with E-state index in [1.807, 2.05) is 6.92 Å². The van der Waals surface area contributed by atoms with E-state index < -0.39 is 0 Å². The molecule has 2 heterocycles. The van der Waals surface area contributed by atoms with Crippen LogP contribution in [0.15, 0.2) is 6.20 Å². The summed E-state index contributed by atoms with van der Waals surface area (Å²) in [5.74, 6) is 0.771. The second kappa shape index (κ2) is 5.86. The molecule has 0 atom stereocenters. The number of piperidine rings is 1. The summed E-state index contributed by atoms with van der Waals surface area (Å²) in [4.78, 5) is 25.2. The number of carbonyl (C=O) groups is 2. The Balaban J connectivity index is 1.90. The lowest BCUT2D eigenvalue weighted by Crippen LogP contribution is -2.40. The number of hydrogen-bond acceptors (Lipinski definition) is 3. The molecule has 1 aliphatic rings. The number of nitrogens with zero attached hydrogens (tertiary/aromatic N) is 2. The zero-order chi connectivity index (χ0) is 13.8. The summed E-state index contributed by atoms with van der Waals surface area (Å²) >= 11 is 0. The number of nitrogens with one attached hydrogen (secondary N) is 2. The molecule has 2 rings (SSSR count). The fourth-order valence-electron chi connectivity index (χ4n) is 2.37. The summed E-state index contributed by atoms with van der Waals surface area (Å²) in [6.45, 7) is 4.92. The number of hydrogen-bond donors (Lipinski definition) is 2. The van der Waals surface area contributed by atoms with Gasteiger partial charge in [0.05, 0.1) is 6.20 Å². The number of likely N-dealkylation sites (tertiary alicyclic amines) is 1. The van der Waals surface area contributed by atoms with Crippen LogP contribution < -0.4 is 5.32 Å². The molecule has 1 saturated heterocycles. The summed E-state index contributed by atoms with van der Waals surface area (Å²) in [6.07, 6.45) is 4.00. The van der Waals surface area contributed by atoms with E-state index in [4.69, 9.17) is 0 Å². The maximum atomic E-state index is 12.1. The standard InChI is InChI=1S/C13H20N4O2/c1-3-10-8-14-16-12(10)15-13(19)11-4-6-17(7-5-11)9(2)18/h8,11H,3-7H2,1-2H3,(H2,14,15,16,19). The Morgan fingerprint density at radius 3 is 2.74 bits per heavy atom. The third kappa shape index (κ3) is 3.13. The van der Waals surface area contributed by atoms with E-state index in [0.717, 1.165) is 24.8 Å². The van der Waals surface area contributed by atoms with Gasteiger partial charge in [-0.3, -0.25) is 14.7 Å². The summed E-state index contributed by atoms with van der Waals surface area (Å²) in [7, 11) is 0. The first-order valence-corrected chi connectivity index (χ1v) is 6.70. The average molecular weight is 264 g/mol. The fraction of sp³-hybridized carbons (Fsp3) is 0.615. The van der Waals surface area contributed by atoms with Gasteiger partial charge >= 0.3 is 0 Å². The van der Waals surface area contributed by atoms with Crippen molar-refractivity contribution in [3.8, 4) is 0 Å². The molecule has 6 heteroatoms. The topological polar surface area (TPSA) is 78.1 Å². The third-order valence-corrected chi connectivity index (χ3v) is 3.66. The second-order valence-electron chi connectivity index (χ2n) is 4.89. The Hall–Kier alpha value is -1.85. The molecular weight excluding hydrogens is 244 g/mol. The van der Waals surface area contributed by atoms with Crippen LogP contribution in [0.1, 0.15) is 32.3 Å². The van der Waals surface area contributed by atoms with Gasteiger partial charge in [0.25, 0.3) is 0 Å². The first-order valence-electron chi connectivity index (χ1n) is 6.70. The van der Waals surface area contributed by atoms with Gasteiger partial charge in [0.1, 0.15) is 5.82 Å². The maximum Gasteiger partial charge on any atom is 0.228 e. The Labute approximate surface area is 112 Å². The van der Waals surface area contributed by atoms with Crippen molar-refractivity contribution in [2.24, 2.45) is 5.92 Å². The van der Waals surface area contributed by atoms with Gasteiger partial charge in [-0.05, 0) is 19.3 Å². The predicted molar refractivity (Wildman–Crippen MR) is 71.6 cm³/mol. The van der Waals surface area contributed by atoms with Gasteiger partial charge in [0.15, 0.2) is 0 Å². The van der Waals surface area contributed by atoms with E-state index in [1.165, 1.54) is 0 Å². The van der Waals surface area contributed by atoms with Crippen molar-refractivity contribution in [3.05, 3.63) is 11.8 Å². The van der Waals surface area contributed by atoms with Gasteiger partial charge < -0.3 is 10.2 Å². The molecule has 0 aliphatic carbocycles. The highest BCUT2D eigenvalue weighted by molar-refractivity contribution is 5.92. The Morgan fingerprint density at radius 2 is 2.16 bits per heavy atom. The SMILES string of the molecule is CCc1cn[nH]c1NC(=O)C1CCN(C(C)=O)CC1. The largest absolute Gasteiger partial charge is 0.343 e. The van der Waals surface area contributed by atoms with E-state index >= 15 is 0 Å². The van der Waals surface area contributed by atoms with Gasteiger partial charge in [-0.15, -0.1) is 0 Å². The average Bonchev–Trinajstić information content (AvgIpc) is 2.86. The number of aryl methyl sites for hydroxylation is 1. The monoisotopic (exact) mass is 264 g/mol. The molecule has 0 radical (unpaired) electrons. The molecule has 0 bridgehead atoms. The van der Waals surface area contributed by atoms with Crippen molar-refractivity contribution in [2.75, 3.05) is 18.4 Å². The Bertz CT molecular complexity index is 461. The van der Waals surface area contributed by atoms with Crippen LogP contribution in [0, 0.1) is 5.92 Å². The first-order chi connectivity index (χ1) is 9.11. The lowest BCUT2D eigenvalue weighted by atomic mass is 9.96. The van der Waals surface area contributed by atoms with Crippen LogP contribution in [0.3, 0.4) is 0 Å². The van der Waals surface area contributed by atoms with E-state index in [1.54, 1.807) is 18.0 Å². The highest BCUT2D eigenvalue weighted by Crippen LogP contribution is 2.20. The van der Waals surface area contributed by atoms with Crippen LogP contribution in [-0.2, 0) is 16.0 Å². The molecule has 2 amide bonds. The van der Waals surface area contributed by atoms with Crippen molar-refractivity contribution < 1.29 is 9.59 Å². The number of aromatic amines is 1. The third-order valence-electron chi connectivity index (χ3n) is 3.66. The summed E-state index contributed by atoms with van der Waals surface area (Å²) in [5.41, 5.74) is 1.01. The van der Waals surface area contributed by atoms with Crippen LogP contribution in [-0.4, -0.2) is 40.0 Å². The molecule has 0 spiro atoms. The normalized spacial score (nSPS) is 16.4. The lowest BCUT2D eigenvalue weighted by Gasteiger charge is -2.30. The molecule has 6 nitrogen and oxygen atoms in total. The molecule has 1 aliphatic heterocycles. The molecule has 2 N–H and O–H groups in total. The molecule has 19 heavy (non-hydrogen) atoms. The molecule has 0 saturated carbocycles. The minimum atomic E-state index is -0.0244. The number of anilines is 1. The van der Waals surface area contributed by atoms with Gasteiger partial charge in [-0.25, -0.2) is 0 Å². The molecule has 1 fully saturated rings. The van der Waals surface area contributed by atoms with Crippen LogP contribution >= 0.6 is 0 Å². The van der Waals surface area contributed by atoms with E-state index in [9.17, 15) is 9.59 Å². The second-order valence-corrected chi connectivity index (χ2v) is 4.89. The lowest BCUT2D eigenvalue weighted by molar-refractivity contribution is -0.132. The maximum absolute atomic E-state index is 12.1. The molecule has 0 unspecified atom stereocenters. The molecular formula is C13H20N4O2. The summed E-state index contributed by atoms with van der Waals surface area (Å²) in [5, 5.41) is 9.64. The molecule has 1 aromatic rings. The number of H-pyrrole nitrogens is 1. The molecule has 1 aromatic heterocycles. The number of aromatic nitrogens is 2. The highest BCUT2D eigenvalue weighted by Gasteiger charge is 2.26.